The standard InChI is InChI=1S/C6H5N2O3S/c1-11-8-5(6(9)10)4-2-12-3-7-4/h2H,1H3,(H,9,10)/b8-5+. The first-order valence-electron chi connectivity index (χ1n) is 2.92. The Morgan fingerprint density at radius 3 is 3.08 bits per heavy atom. The van der Waals surface area contributed by atoms with Crippen LogP contribution in [-0.2, 0) is 9.63 Å². The number of carbonyl (C=O) groups is 1. The van der Waals surface area contributed by atoms with Crippen molar-refractivity contribution in [2.24, 2.45) is 5.16 Å². The van der Waals surface area contributed by atoms with Crippen LogP contribution in [0.1, 0.15) is 5.69 Å². The first-order chi connectivity index (χ1) is 5.75. The van der Waals surface area contributed by atoms with Gasteiger partial charge in [-0.05, 0) is 0 Å². The molecule has 0 saturated carbocycles. The van der Waals surface area contributed by atoms with Gasteiger partial charge in [0.15, 0.2) is 5.51 Å². The van der Waals surface area contributed by atoms with Crippen molar-refractivity contribution in [3.8, 4) is 0 Å². The van der Waals surface area contributed by atoms with Crippen LogP contribution in [0.5, 0.6) is 0 Å². The molecular weight excluding hydrogens is 180 g/mol. The van der Waals surface area contributed by atoms with Crippen molar-refractivity contribution < 1.29 is 14.7 Å². The second-order valence-electron chi connectivity index (χ2n) is 1.75. The zero-order chi connectivity index (χ0) is 8.97. The highest BCUT2D eigenvalue weighted by atomic mass is 32.1. The average Bonchev–Trinajstić information content (AvgIpc) is 2.51. The Labute approximate surface area is 72.3 Å². The third-order valence-electron chi connectivity index (χ3n) is 1.02. The number of oxime groups is 1. The van der Waals surface area contributed by atoms with E-state index in [1.807, 2.05) is 0 Å². The summed E-state index contributed by atoms with van der Waals surface area (Å²) >= 11 is 1.18. The molecule has 1 N–H and O–H groups in total. The normalized spacial score (nSPS) is 11.2. The number of aromatic nitrogens is 1. The summed E-state index contributed by atoms with van der Waals surface area (Å²) in [5.41, 5.74) is 2.56. The largest absolute Gasteiger partial charge is 0.476 e. The van der Waals surface area contributed by atoms with E-state index in [0.29, 0.717) is 0 Å². The lowest BCUT2D eigenvalue weighted by Gasteiger charge is -1.93. The first kappa shape index (κ1) is 8.66. The van der Waals surface area contributed by atoms with Crippen LogP contribution in [0.4, 0.5) is 0 Å². The molecule has 0 fully saturated rings. The molecule has 1 rings (SSSR count). The molecule has 0 aliphatic carbocycles. The lowest BCUT2D eigenvalue weighted by molar-refractivity contribution is -0.129. The minimum absolute atomic E-state index is 0.213. The molecule has 1 radical (unpaired) electrons. The quantitative estimate of drug-likeness (QED) is 0.545. The van der Waals surface area contributed by atoms with Crippen LogP contribution in [0.2, 0.25) is 0 Å². The van der Waals surface area contributed by atoms with Crippen molar-refractivity contribution in [1.29, 1.82) is 0 Å². The van der Waals surface area contributed by atoms with Gasteiger partial charge in [0, 0.05) is 5.38 Å². The van der Waals surface area contributed by atoms with Crippen LogP contribution in [0.3, 0.4) is 0 Å². The van der Waals surface area contributed by atoms with Crippen molar-refractivity contribution in [2.75, 3.05) is 7.11 Å². The van der Waals surface area contributed by atoms with Gasteiger partial charge >= 0.3 is 5.97 Å². The van der Waals surface area contributed by atoms with Gasteiger partial charge < -0.3 is 9.94 Å². The summed E-state index contributed by atoms with van der Waals surface area (Å²) in [7, 11) is 1.28. The minimum Gasteiger partial charge on any atom is -0.476 e. The predicted octanol–water partition coefficient (Wildman–Crippen LogP) is 0.378. The number of thiazole rings is 1. The molecule has 0 atom stereocenters. The van der Waals surface area contributed by atoms with E-state index >= 15 is 0 Å². The Hall–Kier alpha value is -1.43. The molecule has 5 nitrogen and oxygen atoms in total. The predicted molar refractivity (Wildman–Crippen MR) is 42.1 cm³/mol. The van der Waals surface area contributed by atoms with Gasteiger partial charge in [0.1, 0.15) is 12.8 Å². The van der Waals surface area contributed by atoms with Crippen LogP contribution < -0.4 is 0 Å². The van der Waals surface area contributed by atoms with Crippen molar-refractivity contribution in [3.63, 3.8) is 0 Å². The van der Waals surface area contributed by atoms with E-state index in [9.17, 15) is 4.79 Å². The topological polar surface area (TPSA) is 71.8 Å². The summed E-state index contributed by atoms with van der Waals surface area (Å²) in [6, 6.07) is 0. The second-order valence-corrected chi connectivity index (χ2v) is 2.41. The van der Waals surface area contributed by atoms with Crippen LogP contribution in [0.15, 0.2) is 10.5 Å². The summed E-state index contributed by atoms with van der Waals surface area (Å²) in [6.45, 7) is 0. The van der Waals surface area contributed by atoms with Gasteiger partial charge in [-0.25, -0.2) is 9.78 Å². The number of nitrogens with zero attached hydrogens (tertiary/aromatic N) is 2. The summed E-state index contributed by atoms with van der Waals surface area (Å²) in [4.78, 5) is 18.5. The minimum atomic E-state index is -1.17. The molecule has 63 valence electrons. The van der Waals surface area contributed by atoms with Gasteiger partial charge in [-0.2, -0.15) is 0 Å². The SMILES string of the molecule is CO/N=C(/C(=O)O)c1cs[c]n1. The van der Waals surface area contributed by atoms with Crippen LogP contribution in [-0.4, -0.2) is 28.9 Å². The lowest BCUT2D eigenvalue weighted by atomic mass is 10.3. The van der Waals surface area contributed by atoms with Crippen LogP contribution >= 0.6 is 11.3 Å². The lowest BCUT2D eigenvalue weighted by Crippen LogP contribution is -2.15. The molecule has 1 aromatic rings. The average molecular weight is 185 g/mol. The number of rotatable bonds is 3. The molecule has 0 aliphatic rings. The fraction of sp³-hybridized carbons (Fsp3) is 0.167. The zero-order valence-corrected chi connectivity index (χ0v) is 6.96. The number of carboxylic acids is 1. The number of carboxylic acid groups (broad SMARTS) is 1. The number of aliphatic carboxylic acids is 1. The van der Waals surface area contributed by atoms with Crippen molar-refractivity contribution in [1.82, 2.24) is 4.98 Å². The van der Waals surface area contributed by atoms with E-state index < -0.39 is 5.97 Å². The van der Waals surface area contributed by atoms with Gasteiger partial charge in [-0.15, -0.1) is 11.3 Å². The molecule has 0 unspecified atom stereocenters. The Kier molecular flexibility index (Phi) is 2.76. The van der Waals surface area contributed by atoms with E-state index in [1.54, 1.807) is 0 Å². The summed E-state index contributed by atoms with van der Waals surface area (Å²) in [6.07, 6.45) is 0. The molecule has 1 heterocycles. The van der Waals surface area contributed by atoms with Crippen LogP contribution in [0, 0.1) is 5.51 Å². The number of hydrogen-bond acceptors (Lipinski definition) is 5. The molecule has 0 amide bonds. The second kappa shape index (κ2) is 3.82. The molecule has 0 saturated heterocycles. The van der Waals surface area contributed by atoms with Crippen molar-refractivity contribution in [2.45, 2.75) is 0 Å². The van der Waals surface area contributed by atoms with Gasteiger partial charge in [0.2, 0.25) is 5.71 Å². The molecule has 0 aromatic carbocycles. The van der Waals surface area contributed by atoms with Gasteiger partial charge in [0.25, 0.3) is 0 Å². The van der Waals surface area contributed by atoms with E-state index in [0.717, 1.165) is 0 Å². The monoisotopic (exact) mass is 185 g/mol. The van der Waals surface area contributed by atoms with E-state index in [1.165, 1.54) is 23.8 Å². The maximum Gasteiger partial charge on any atom is 0.360 e. The molecule has 0 aliphatic heterocycles. The number of hydrogen-bond donors (Lipinski definition) is 1. The highest BCUT2D eigenvalue weighted by molar-refractivity contribution is 7.07. The highest BCUT2D eigenvalue weighted by Crippen LogP contribution is 2.02. The Morgan fingerprint density at radius 2 is 2.67 bits per heavy atom. The van der Waals surface area contributed by atoms with Gasteiger partial charge in [-0.1, -0.05) is 5.16 Å². The Balaban J connectivity index is 2.96. The molecule has 12 heavy (non-hydrogen) atoms. The van der Waals surface area contributed by atoms with Gasteiger partial charge in [0.05, 0.1) is 0 Å². The van der Waals surface area contributed by atoms with Crippen LogP contribution in [0.25, 0.3) is 0 Å². The fourth-order valence-electron chi connectivity index (χ4n) is 0.579. The maximum absolute atomic E-state index is 10.5. The molecule has 6 heteroatoms. The van der Waals surface area contributed by atoms with Gasteiger partial charge in [-0.3, -0.25) is 0 Å². The Morgan fingerprint density at radius 1 is 1.92 bits per heavy atom. The van der Waals surface area contributed by atoms with E-state index in [2.05, 4.69) is 20.5 Å². The first-order valence-corrected chi connectivity index (χ1v) is 3.80. The summed E-state index contributed by atoms with van der Waals surface area (Å²) in [5, 5.41) is 13.5. The molecular formula is C6H5N2O3S. The van der Waals surface area contributed by atoms with E-state index in [-0.39, 0.29) is 11.4 Å². The third kappa shape index (κ3) is 1.79. The smallest absolute Gasteiger partial charge is 0.360 e. The summed E-state index contributed by atoms with van der Waals surface area (Å²) < 4.78 is 0. The molecule has 0 spiro atoms. The van der Waals surface area contributed by atoms with Crippen molar-refractivity contribution in [3.05, 3.63) is 16.6 Å². The molecule has 1 aromatic heterocycles. The summed E-state index contributed by atoms with van der Waals surface area (Å²) in [5.74, 6) is -1.17. The third-order valence-corrected chi connectivity index (χ3v) is 1.55. The highest BCUT2D eigenvalue weighted by Gasteiger charge is 2.15. The molecule has 0 bridgehead atoms. The zero-order valence-electron chi connectivity index (χ0n) is 6.14. The van der Waals surface area contributed by atoms with Crippen molar-refractivity contribution >= 4 is 23.0 Å². The maximum atomic E-state index is 10.5. The Bertz CT molecular complexity index is 294. The fourth-order valence-corrected chi connectivity index (χ4v) is 1.06. The van der Waals surface area contributed by atoms with E-state index in [4.69, 9.17) is 5.11 Å².